The van der Waals surface area contributed by atoms with E-state index in [1.54, 1.807) is 11.3 Å². The molecular weight excluding hydrogens is 356 g/mol. The van der Waals surface area contributed by atoms with Crippen molar-refractivity contribution in [1.82, 2.24) is 14.9 Å². The first kappa shape index (κ1) is 16.6. The van der Waals surface area contributed by atoms with Crippen molar-refractivity contribution < 1.29 is 4.74 Å². The smallest absolute Gasteiger partial charge is 0.144 e. The third kappa shape index (κ3) is 3.16. The van der Waals surface area contributed by atoms with Gasteiger partial charge < -0.3 is 10.5 Å². The van der Waals surface area contributed by atoms with Gasteiger partial charge in [-0.1, -0.05) is 36.4 Å². The third-order valence-corrected chi connectivity index (χ3v) is 6.24. The highest BCUT2D eigenvalue weighted by atomic mass is 32.1. The molecule has 0 saturated carbocycles. The van der Waals surface area contributed by atoms with Crippen molar-refractivity contribution in [2.75, 3.05) is 32.0 Å². The third-order valence-electron chi connectivity index (χ3n) is 5.08. The van der Waals surface area contributed by atoms with Crippen molar-refractivity contribution in [3.8, 4) is 11.1 Å². The number of benzene rings is 2. The van der Waals surface area contributed by atoms with Gasteiger partial charge in [0, 0.05) is 29.7 Å². The number of anilines is 1. The first-order valence-corrected chi connectivity index (χ1v) is 9.92. The van der Waals surface area contributed by atoms with E-state index in [2.05, 4.69) is 57.3 Å². The second-order valence-electron chi connectivity index (χ2n) is 6.84. The van der Waals surface area contributed by atoms with Crippen molar-refractivity contribution in [2.24, 2.45) is 0 Å². The van der Waals surface area contributed by atoms with Crippen LogP contribution in [0.5, 0.6) is 0 Å². The lowest BCUT2D eigenvalue weighted by Gasteiger charge is -2.26. The van der Waals surface area contributed by atoms with Gasteiger partial charge in [-0.05, 0) is 22.8 Å². The van der Waals surface area contributed by atoms with Crippen molar-refractivity contribution in [3.05, 3.63) is 54.4 Å². The van der Waals surface area contributed by atoms with Crippen LogP contribution in [0.15, 0.2) is 48.8 Å². The second-order valence-corrected chi connectivity index (χ2v) is 7.89. The minimum atomic E-state index is 0.551. The largest absolute Gasteiger partial charge is 0.382 e. The average molecular weight is 376 g/mol. The number of ether oxygens (including phenoxy) is 1. The molecule has 0 amide bonds. The highest BCUT2D eigenvalue weighted by Crippen LogP contribution is 2.37. The Morgan fingerprint density at radius 1 is 1.00 bits per heavy atom. The predicted molar refractivity (Wildman–Crippen MR) is 111 cm³/mol. The summed E-state index contributed by atoms with van der Waals surface area (Å²) in [6.07, 6.45) is 1.53. The van der Waals surface area contributed by atoms with Crippen LogP contribution in [-0.2, 0) is 11.3 Å². The molecule has 2 N–H and O–H groups in total. The first-order valence-electron chi connectivity index (χ1n) is 9.10. The van der Waals surface area contributed by atoms with Crippen molar-refractivity contribution >= 4 is 37.5 Å². The molecule has 136 valence electrons. The van der Waals surface area contributed by atoms with Crippen molar-refractivity contribution in [3.63, 3.8) is 0 Å². The number of thiophene rings is 1. The first-order chi connectivity index (χ1) is 13.3. The van der Waals surface area contributed by atoms with Gasteiger partial charge in [0.25, 0.3) is 0 Å². The Kier molecular flexibility index (Phi) is 4.24. The van der Waals surface area contributed by atoms with Gasteiger partial charge in [-0.3, -0.25) is 4.90 Å². The van der Waals surface area contributed by atoms with E-state index in [-0.39, 0.29) is 0 Å². The topological polar surface area (TPSA) is 64.3 Å². The summed E-state index contributed by atoms with van der Waals surface area (Å²) in [5, 5.41) is 1.14. The summed E-state index contributed by atoms with van der Waals surface area (Å²) in [7, 11) is 0. The zero-order valence-electron chi connectivity index (χ0n) is 14.9. The SMILES string of the molecule is Nc1ncnc2c1sc1cc(-c3ccc(CN4CCOCC4)cc3)ccc12. The van der Waals surface area contributed by atoms with E-state index in [9.17, 15) is 0 Å². The van der Waals surface area contributed by atoms with Gasteiger partial charge in [0.05, 0.1) is 23.4 Å². The minimum Gasteiger partial charge on any atom is -0.382 e. The Bertz CT molecular complexity index is 1100. The van der Waals surface area contributed by atoms with E-state index in [1.807, 2.05) is 0 Å². The van der Waals surface area contributed by atoms with E-state index in [0.29, 0.717) is 5.82 Å². The van der Waals surface area contributed by atoms with Gasteiger partial charge in [-0.15, -0.1) is 11.3 Å². The molecule has 0 atom stereocenters. The Labute approximate surface area is 161 Å². The Balaban J connectivity index is 1.44. The number of hydrogen-bond acceptors (Lipinski definition) is 6. The molecule has 0 unspecified atom stereocenters. The van der Waals surface area contributed by atoms with Crippen LogP contribution in [0.1, 0.15) is 5.56 Å². The van der Waals surface area contributed by atoms with Gasteiger partial charge in [-0.25, -0.2) is 9.97 Å². The van der Waals surface area contributed by atoms with E-state index in [4.69, 9.17) is 10.5 Å². The predicted octanol–water partition coefficient (Wildman–Crippen LogP) is 3.93. The fourth-order valence-electron chi connectivity index (χ4n) is 3.59. The quantitative estimate of drug-likeness (QED) is 0.587. The minimum absolute atomic E-state index is 0.551. The molecule has 6 heteroatoms. The van der Waals surface area contributed by atoms with Crippen LogP contribution in [0.4, 0.5) is 5.82 Å². The van der Waals surface area contributed by atoms with Crippen LogP contribution < -0.4 is 5.73 Å². The normalized spacial score (nSPS) is 15.6. The molecule has 0 spiro atoms. The Morgan fingerprint density at radius 3 is 2.59 bits per heavy atom. The summed E-state index contributed by atoms with van der Waals surface area (Å²) in [5.74, 6) is 0.551. The van der Waals surface area contributed by atoms with Crippen molar-refractivity contribution in [1.29, 1.82) is 0 Å². The number of aromatic nitrogens is 2. The van der Waals surface area contributed by atoms with E-state index < -0.39 is 0 Å². The lowest BCUT2D eigenvalue weighted by Crippen LogP contribution is -2.35. The highest BCUT2D eigenvalue weighted by Gasteiger charge is 2.12. The molecule has 2 aromatic carbocycles. The molecular formula is C21H20N4OS. The molecule has 5 nitrogen and oxygen atoms in total. The number of nitrogens with zero attached hydrogens (tertiary/aromatic N) is 3. The lowest BCUT2D eigenvalue weighted by atomic mass is 10.0. The molecule has 4 aromatic rings. The molecule has 1 fully saturated rings. The van der Waals surface area contributed by atoms with Crippen LogP contribution in [0, 0.1) is 0 Å². The molecule has 0 aliphatic carbocycles. The fourth-order valence-corrected chi connectivity index (χ4v) is 4.69. The Hall–Kier alpha value is -2.54. The van der Waals surface area contributed by atoms with E-state index in [0.717, 1.165) is 48.5 Å². The summed E-state index contributed by atoms with van der Waals surface area (Å²) in [6.45, 7) is 4.67. The summed E-state index contributed by atoms with van der Waals surface area (Å²) >= 11 is 1.66. The zero-order valence-corrected chi connectivity index (χ0v) is 15.7. The van der Waals surface area contributed by atoms with Crippen LogP contribution in [0.3, 0.4) is 0 Å². The summed E-state index contributed by atoms with van der Waals surface area (Å²) in [4.78, 5) is 10.9. The number of rotatable bonds is 3. The lowest BCUT2D eigenvalue weighted by molar-refractivity contribution is 0.0342. The maximum Gasteiger partial charge on any atom is 0.144 e. The summed E-state index contributed by atoms with van der Waals surface area (Å²) < 4.78 is 7.57. The number of morpholine rings is 1. The molecule has 3 heterocycles. The zero-order chi connectivity index (χ0) is 18.2. The van der Waals surface area contributed by atoms with E-state index >= 15 is 0 Å². The highest BCUT2D eigenvalue weighted by molar-refractivity contribution is 7.26. The number of nitrogens with two attached hydrogens (primary N) is 1. The van der Waals surface area contributed by atoms with Gasteiger partial charge in [0.15, 0.2) is 0 Å². The van der Waals surface area contributed by atoms with Gasteiger partial charge in [0.1, 0.15) is 12.1 Å². The monoisotopic (exact) mass is 376 g/mol. The molecule has 5 rings (SSSR count). The fraction of sp³-hybridized carbons (Fsp3) is 0.238. The van der Waals surface area contributed by atoms with Crippen LogP contribution in [0.25, 0.3) is 31.4 Å². The molecule has 1 saturated heterocycles. The number of nitrogen functional groups attached to an aromatic ring is 1. The average Bonchev–Trinajstić information content (AvgIpc) is 3.09. The molecule has 27 heavy (non-hydrogen) atoms. The molecule has 1 aliphatic rings. The number of hydrogen-bond donors (Lipinski definition) is 1. The molecule has 1 aliphatic heterocycles. The van der Waals surface area contributed by atoms with Crippen LogP contribution >= 0.6 is 11.3 Å². The summed E-state index contributed by atoms with van der Waals surface area (Å²) in [6, 6.07) is 15.4. The van der Waals surface area contributed by atoms with E-state index in [1.165, 1.54) is 27.7 Å². The maximum atomic E-state index is 6.01. The standard InChI is InChI=1S/C21H20N4OS/c22-21-20-19(23-13-24-21)17-6-5-16(11-18(17)27-20)15-3-1-14(2-4-15)12-25-7-9-26-10-8-25/h1-6,11,13H,7-10,12H2,(H2,22,23,24). The van der Waals surface area contributed by atoms with Crippen molar-refractivity contribution in [2.45, 2.75) is 6.54 Å². The van der Waals surface area contributed by atoms with Gasteiger partial charge in [-0.2, -0.15) is 0 Å². The molecule has 0 bridgehead atoms. The maximum absolute atomic E-state index is 6.01. The van der Waals surface area contributed by atoms with Crippen LogP contribution in [-0.4, -0.2) is 41.2 Å². The van der Waals surface area contributed by atoms with Gasteiger partial charge >= 0.3 is 0 Å². The molecule has 2 aromatic heterocycles. The van der Waals surface area contributed by atoms with Crippen LogP contribution in [0.2, 0.25) is 0 Å². The summed E-state index contributed by atoms with van der Waals surface area (Å²) in [5.41, 5.74) is 10.7. The molecule has 0 radical (unpaired) electrons. The van der Waals surface area contributed by atoms with Gasteiger partial charge in [0.2, 0.25) is 0 Å². The Morgan fingerprint density at radius 2 is 1.78 bits per heavy atom. The number of fused-ring (bicyclic) bond motifs is 3. The second kappa shape index (κ2) is 6.88.